The molecule has 0 heterocycles. The Morgan fingerprint density at radius 2 is 1.88 bits per heavy atom. The van der Waals surface area contributed by atoms with Crippen molar-refractivity contribution in [3.8, 4) is 0 Å². The summed E-state index contributed by atoms with van der Waals surface area (Å²) in [5.74, 6) is -2.28. The summed E-state index contributed by atoms with van der Waals surface area (Å²) in [4.78, 5) is 33.5. The maximum absolute atomic E-state index is 13.3. The lowest BCUT2D eigenvalue weighted by atomic mass is 10.0. The molecule has 24 heavy (non-hydrogen) atoms. The monoisotopic (exact) mass is 331 g/mol. The van der Waals surface area contributed by atoms with Gasteiger partial charge in [-0.3, -0.25) is 19.7 Å². The molecule has 1 atom stereocenters. The van der Waals surface area contributed by atoms with E-state index in [-0.39, 0.29) is 6.42 Å². The normalized spacial score (nSPS) is 11.5. The third-order valence-electron chi connectivity index (χ3n) is 3.33. The van der Waals surface area contributed by atoms with E-state index < -0.39 is 34.3 Å². The Morgan fingerprint density at radius 1 is 1.21 bits per heavy atom. The van der Waals surface area contributed by atoms with Gasteiger partial charge in [0.05, 0.1) is 4.92 Å². The van der Waals surface area contributed by atoms with Crippen molar-refractivity contribution < 1.29 is 18.9 Å². The fraction of sp³-hybridized carbons (Fsp3) is 0.125. The van der Waals surface area contributed by atoms with Crippen molar-refractivity contribution in [2.75, 3.05) is 0 Å². The summed E-state index contributed by atoms with van der Waals surface area (Å²) in [7, 11) is 0. The zero-order chi connectivity index (χ0) is 17.7. The lowest BCUT2D eigenvalue weighted by Gasteiger charge is -2.15. The van der Waals surface area contributed by atoms with Gasteiger partial charge in [0.1, 0.15) is 6.04 Å². The zero-order valence-corrected chi connectivity index (χ0v) is 12.4. The molecule has 0 saturated carbocycles. The zero-order valence-electron chi connectivity index (χ0n) is 12.4. The third-order valence-corrected chi connectivity index (χ3v) is 3.33. The van der Waals surface area contributed by atoms with Crippen LogP contribution < -0.4 is 11.1 Å². The Balaban J connectivity index is 2.17. The third kappa shape index (κ3) is 4.13. The summed E-state index contributed by atoms with van der Waals surface area (Å²) >= 11 is 0. The second-order valence-corrected chi connectivity index (χ2v) is 5.04. The Hall–Kier alpha value is -3.29. The number of benzene rings is 2. The Morgan fingerprint density at radius 3 is 2.46 bits per heavy atom. The van der Waals surface area contributed by atoms with Gasteiger partial charge in [-0.25, -0.2) is 0 Å². The number of nitrogens with two attached hydrogens (primary N) is 1. The van der Waals surface area contributed by atoms with Crippen LogP contribution in [0.15, 0.2) is 48.5 Å². The average Bonchev–Trinajstić information content (AvgIpc) is 2.56. The average molecular weight is 331 g/mol. The molecular weight excluding hydrogens is 317 g/mol. The molecule has 0 aliphatic heterocycles. The molecule has 124 valence electrons. The quantitative estimate of drug-likeness (QED) is 0.617. The van der Waals surface area contributed by atoms with Gasteiger partial charge in [0.15, 0.2) is 0 Å². The van der Waals surface area contributed by atoms with Crippen LogP contribution in [0.5, 0.6) is 0 Å². The number of nitro groups is 1. The van der Waals surface area contributed by atoms with Crippen molar-refractivity contribution in [1.29, 1.82) is 0 Å². The molecule has 0 aromatic heterocycles. The van der Waals surface area contributed by atoms with Gasteiger partial charge >= 0.3 is 5.69 Å². The lowest BCUT2D eigenvalue weighted by molar-refractivity contribution is -0.387. The first kappa shape index (κ1) is 17.1. The molecule has 2 aromatic carbocycles. The van der Waals surface area contributed by atoms with Gasteiger partial charge in [-0.15, -0.1) is 0 Å². The number of amides is 2. The summed E-state index contributed by atoms with van der Waals surface area (Å²) in [6, 6.07) is 10.4. The molecule has 0 aliphatic carbocycles. The fourth-order valence-corrected chi connectivity index (χ4v) is 2.11. The number of nitrogens with zero attached hydrogens (tertiary/aromatic N) is 1. The highest BCUT2D eigenvalue weighted by Gasteiger charge is 2.21. The van der Waals surface area contributed by atoms with E-state index >= 15 is 0 Å². The van der Waals surface area contributed by atoms with Crippen molar-refractivity contribution in [2.24, 2.45) is 5.73 Å². The van der Waals surface area contributed by atoms with Gasteiger partial charge in [0.2, 0.25) is 11.7 Å². The van der Waals surface area contributed by atoms with Crippen LogP contribution in [-0.2, 0) is 11.2 Å². The molecule has 8 heteroatoms. The number of carbonyl (C=O) groups excluding carboxylic acids is 2. The van der Waals surface area contributed by atoms with E-state index in [2.05, 4.69) is 5.32 Å². The summed E-state index contributed by atoms with van der Waals surface area (Å²) in [5.41, 5.74) is 5.22. The van der Waals surface area contributed by atoms with Gasteiger partial charge in [-0.05, 0) is 23.8 Å². The summed E-state index contributed by atoms with van der Waals surface area (Å²) in [6.45, 7) is 0. The maximum Gasteiger partial charge on any atom is 0.305 e. The molecule has 0 bridgehead atoms. The predicted octanol–water partition coefficient (Wildman–Crippen LogP) is 1.56. The molecule has 0 saturated heterocycles. The molecule has 0 spiro atoms. The van der Waals surface area contributed by atoms with Crippen LogP contribution >= 0.6 is 0 Å². The molecule has 0 unspecified atom stereocenters. The minimum atomic E-state index is -1.08. The highest BCUT2D eigenvalue weighted by molar-refractivity contribution is 5.97. The van der Waals surface area contributed by atoms with E-state index in [0.29, 0.717) is 11.1 Å². The van der Waals surface area contributed by atoms with Crippen LogP contribution in [0.2, 0.25) is 0 Å². The maximum atomic E-state index is 13.3. The number of rotatable bonds is 6. The van der Waals surface area contributed by atoms with E-state index in [1.165, 1.54) is 6.07 Å². The lowest BCUT2D eigenvalue weighted by Crippen LogP contribution is -2.45. The number of nitrogens with one attached hydrogen (secondary N) is 1. The van der Waals surface area contributed by atoms with Crippen LogP contribution in [0.25, 0.3) is 0 Å². The van der Waals surface area contributed by atoms with Crippen molar-refractivity contribution in [2.45, 2.75) is 12.5 Å². The number of hydrogen-bond donors (Lipinski definition) is 2. The topological polar surface area (TPSA) is 115 Å². The predicted molar refractivity (Wildman–Crippen MR) is 83.6 cm³/mol. The summed E-state index contributed by atoms with van der Waals surface area (Å²) in [6.07, 6.45) is -0.0883. The Bertz CT molecular complexity index is 780. The van der Waals surface area contributed by atoms with Crippen molar-refractivity contribution in [1.82, 2.24) is 5.32 Å². The highest BCUT2D eigenvalue weighted by Crippen LogP contribution is 2.19. The second kappa shape index (κ2) is 7.32. The van der Waals surface area contributed by atoms with Gasteiger partial charge in [-0.2, -0.15) is 4.39 Å². The first-order valence-corrected chi connectivity index (χ1v) is 6.96. The fourth-order valence-electron chi connectivity index (χ4n) is 2.11. The smallest absolute Gasteiger partial charge is 0.305 e. The Labute approximate surface area is 136 Å². The number of primary amides is 1. The first-order chi connectivity index (χ1) is 11.4. The molecule has 7 nitrogen and oxygen atoms in total. The van der Waals surface area contributed by atoms with Crippen molar-refractivity contribution in [3.63, 3.8) is 0 Å². The molecule has 0 radical (unpaired) electrons. The van der Waals surface area contributed by atoms with E-state index in [1.54, 1.807) is 30.3 Å². The Kier molecular flexibility index (Phi) is 5.20. The minimum Gasteiger partial charge on any atom is -0.368 e. The molecule has 0 aliphatic rings. The largest absolute Gasteiger partial charge is 0.368 e. The highest BCUT2D eigenvalue weighted by atomic mass is 19.1. The first-order valence-electron chi connectivity index (χ1n) is 6.96. The van der Waals surface area contributed by atoms with Crippen LogP contribution in [0.4, 0.5) is 10.1 Å². The van der Waals surface area contributed by atoms with Crippen LogP contribution in [0.3, 0.4) is 0 Å². The summed E-state index contributed by atoms with van der Waals surface area (Å²) in [5, 5.41) is 13.2. The molecule has 2 aromatic rings. The van der Waals surface area contributed by atoms with Gasteiger partial charge in [0.25, 0.3) is 5.91 Å². The van der Waals surface area contributed by atoms with E-state index in [4.69, 9.17) is 5.73 Å². The van der Waals surface area contributed by atoms with Crippen molar-refractivity contribution in [3.05, 3.63) is 75.6 Å². The number of hydrogen-bond acceptors (Lipinski definition) is 4. The van der Waals surface area contributed by atoms with Crippen molar-refractivity contribution >= 4 is 17.5 Å². The van der Waals surface area contributed by atoms with E-state index in [1.807, 2.05) is 0 Å². The van der Waals surface area contributed by atoms with E-state index in [0.717, 1.165) is 12.1 Å². The van der Waals surface area contributed by atoms with Gasteiger partial charge in [0, 0.05) is 18.1 Å². The molecular formula is C16H14FN3O4. The van der Waals surface area contributed by atoms with Crippen LogP contribution in [-0.4, -0.2) is 22.8 Å². The molecule has 2 rings (SSSR count). The molecule has 2 amide bonds. The van der Waals surface area contributed by atoms with E-state index in [9.17, 15) is 24.1 Å². The number of halogens is 1. The minimum absolute atomic E-state index is 0.0883. The SMILES string of the molecule is NC(=O)[C@H](Cc1ccc(F)c([N+](=O)[O-])c1)NC(=O)c1ccccc1. The van der Waals surface area contributed by atoms with Gasteiger partial charge < -0.3 is 11.1 Å². The summed E-state index contributed by atoms with van der Waals surface area (Å²) < 4.78 is 13.3. The second-order valence-electron chi connectivity index (χ2n) is 5.04. The van der Waals surface area contributed by atoms with Crippen LogP contribution in [0, 0.1) is 15.9 Å². The standard InChI is InChI=1S/C16H14FN3O4/c17-12-7-6-10(9-14(12)20(23)24)8-13(15(18)21)19-16(22)11-4-2-1-3-5-11/h1-7,9,13H,8H2,(H2,18,21)(H,19,22)/t13-/m0/s1. The van der Waals surface area contributed by atoms with Crippen LogP contribution in [0.1, 0.15) is 15.9 Å². The van der Waals surface area contributed by atoms with Gasteiger partial charge in [-0.1, -0.05) is 24.3 Å². The number of nitro benzene ring substituents is 1. The number of carbonyl (C=O) groups is 2. The molecule has 0 fully saturated rings. The molecule has 3 N–H and O–H groups in total.